The summed E-state index contributed by atoms with van der Waals surface area (Å²) in [5.41, 5.74) is 19.1. The number of carboxylic acid groups (broad SMARTS) is 1. The Morgan fingerprint density at radius 3 is 2.13 bits per heavy atom. The maximum Gasteiger partial charge on any atom is 0.326 e. The van der Waals surface area contributed by atoms with Crippen LogP contribution in [-0.2, 0) is 32.0 Å². The zero-order valence-electron chi connectivity index (χ0n) is 27.2. The van der Waals surface area contributed by atoms with Gasteiger partial charge in [-0.2, -0.15) is 0 Å². The summed E-state index contributed by atoms with van der Waals surface area (Å²) in [4.78, 5) is 56.4. The number of hydrogen-bond donors (Lipinski definition) is 9. The number of carbonyl (C=O) groups is 4. The predicted octanol–water partition coefficient (Wildman–Crippen LogP) is 0.186. The van der Waals surface area contributed by atoms with E-state index in [4.69, 9.17) is 17.2 Å². The quantitative estimate of drug-likeness (QED) is 0.0502. The van der Waals surface area contributed by atoms with Gasteiger partial charge in [-0.1, -0.05) is 49.7 Å². The largest absolute Gasteiger partial charge is 0.508 e. The molecule has 0 spiro atoms. The fourth-order valence-electron chi connectivity index (χ4n) is 4.91. The van der Waals surface area contributed by atoms with Crippen molar-refractivity contribution in [1.29, 1.82) is 0 Å². The van der Waals surface area contributed by atoms with Gasteiger partial charge in [0.1, 0.15) is 23.9 Å². The molecule has 3 amide bonds. The maximum absolute atomic E-state index is 13.7. The Labute approximate surface area is 276 Å². The number of amides is 3. The molecule has 0 aliphatic heterocycles. The van der Waals surface area contributed by atoms with Crippen LogP contribution in [0.4, 0.5) is 0 Å². The van der Waals surface area contributed by atoms with Gasteiger partial charge in [0.2, 0.25) is 17.7 Å². The number of nitrogens with one attached hydrogen (secondary N) is 4. The summed E-state index contributed by atoms with van der Waals surface area (Å²) in [6.45, 7) is 5.57. The van der Waals surface area contributed by atoms with Crippen LogP contribution < -0.4 is 38.5 Å². The summed E-state index contributed by atoms with van der Waals surface area (Å²) in [6, 6.07) is 9.20. The number of rotatable bonds is 21. The van der Waals surface area contributed by atoms with Crippen molar-refractivity contribution in [2.24, 2.45) is 22.2 Å². The van der Waals surface area contributed by atoms with Crippen LogP contribution in [0.2, 0.25) is 0 Å². The lowest BCUT2D eigenvalue weighted by Gasteiger charge is -2.25. The highest BCUT2D eigenvalue weighted by atomic mass is 16.4. The molecule has 0 fully saturated rings. The number of aryl methyl sites for hydroxylation is 1. The van der Waals surface area contributed by atoms with Gasteiger partial charge in [-0.15, -0.1) is 0 Å². The standard InChI is InChI=1S/C33H50N8O6/c1-3-37-16-8-7-12-25(34)29(43)40-27(19-22-10-5-4-6-11-22)31(45)39-26(13-9-17-38-33(35)36)30(44)41-28(32(46)47)20-23-14-15-24(42)18-21(23)2/h4-6,10-11,14-15,18,25-28,37,42H,3,7-9,12-13,16-17,19-20,34H2,1-2H3,(H,39,45)(H,40,43)(H,41,44)(H,46,47)(H4,35,36,38). The van der Waals surface area contributed by atoms with Gasteiger partial charge in [0.15, 0.2) is 5.96 Å². The second-order valence-corrected chi connectivity index (χ2v) is 11.4. The van der Waals surface area contributed by atoms with Crippen LogP contribution in [0.5, 0.6) is 5.75 Å². The average molecular weight is 655 g/mol. The lowest BCUT2D eigenvalue weighted by atomic mass is 10.00. The molecular formula is C33H50N8O6. The van der Waals surface area contributed by atoms with E-state index in [0.29, 0.717) is 24.0 Å². The number of benzene rings is 2. The van der Waals surface area contributed by atoms with E-state index < -0.39 is 47.9 Å². The van der Waals surface area contributed by atoms with E-state index in [-0.39, 0.29) is 37.5 Å². The first-order chi connectivity index (χ1) is 22.4. The van der Waals surface area contributed by atoms with Gasteiger partial charge < -0.3 is 48.7 Å². The minimum absolute atomic E-state index is 0.0353. The molecule has 0 radical (unpaired) electrons. The first-order valence-electron chi connectivity index (χ1n) is 15.9. The molecule has 2 rings (SSSR count). The van der Waals surface area contributed by atoms with Crippen molar-refractivity contribution in [3.8, 4) is 5.75 Å². The average Bonchev–Trinajstić information content (AvgIpc) is 3.02. The summed E-state index contributed by atoms with van der Waals surface area (Å²) in [5.74, 6) is -3.22. The van der Waals surface area contributed by atoms with Gasteiger partial charge in [-0.05, 0) is 74.5 Å². The van der Waals surface area contributed by atoms with Crippen LogP contribution in [0.15, 0.2) is 53.5 Å². The topological polar surface area (TPSA) is 247 Å². The normalized spacial score (nSPS) is 13.4. The van der Waals surface area contributed by atoms with Crippen molar-refractivity contribution in [2.75, 3.05) is 19.6 Å². The fourth-order valence-corrected chi connectivity index (χ4v) is 4.91. The molecule has 258 valence electrons. The van der Waals surface area contributed by atoms with Gasteiger partial charge in [-0.25, -0.2) is 4.79 Å². The number of carboxylic acids is 1. The van der Waals surface area contributed by atoms with Gasteiger partial charge in [0.05, 0.1) is 6.04 Å². The Kier molecular flexibility index (Phi) is 16.7. The number of nitrogens with zero attached hydrogens (tertiary/aromatic N) is 1. The van der Waals surface area contributed by atoms with E-state index in [1.807, 2.05) is 37.3 Å². The fraction of sp³-hybridized carbons (Fsp3) is 0.485. The first kappa shape index (κ1) is 38.5. The molecular weight excluding hydrogens is 604 g/mol. The van der Waals surface area contributed by atoms with E-state index in [1.165, 1.54) is 12.1 Å². The van der Waals surface area contributed by atoms with Crippen molar-refractivity contribution in [1.82, 2.24) is 21.3 Å². The van der Waals surface area contributed by atoms with Crippen molar-refractivity contribution in [3.63, 3.8) is 0 Å². The number of phenols is 1. The predicted molar refractivity (Wildman–Crippen MR) is 180 cm³/mol. The van der Waals surface area contributed by atoms with E-state index in [0.717, 1.165) is 31.5 Å². The Bertz CT molecular complexity index is 1340. The SMILES string of the molecule is CCNCCCCC(N)C(=O)NC(Cc1ccccc1)C(=O)NC(CCCN=C(N)N)C(=O)NC(Cc1ccc(O)cc1C)C(=O)O. The van der Waals surface area contributed by atoms with E-state index >= 15 is 0 Å². The lowest BCUT2D eigenvalue weighted by molar-refractivity contribution is -0.142. The zero-order chi connectivity index (χ0) is 34.8. The molecule has 0 heterocycles. The molecule has 2 aromatic rings. The summed E-state index contributed by atoms with van der Waals surface area (Å²) < 4.78 is 0. The number of carbonyl (C=O) groups excluding carboxylic acids is 3. The van der Waals surface area contributed by atoms with Crippen molar-refractivity contribution in [3.05, 3.63) is 65.2 Å². The van der Waals surface area contributed by atoms with Crippen molar-refractivity contribution in [2.45, 2.75) is 83.0 Å². The minimum Gasteiger partial charge on any atom is -0.508 e. The Morgan fingerprint density at radius 2 is 1.49 bits per heavy atom. The van der Waals surface area contributed by atoms with E-state index in [9.17, 15) is 29.4 Å². The molecule has 0 aliphatic rings. The van der Waals surface area contributed by atoms with Crippen LogP contribution in [0, 0.1) is 6.92 Å². The minimum atomic E-state index is -1.33. The molecule has 47 heavy (non-hydrogen) atoms. The molecule has 0 saturated carbocycles. The van der Waals surface area contributed by atoms with Crippen LogP contribution in [0.3, 0.4) is 0 Å². The van der Waals surface area contributed by atoms with Gasteiger partial charge in [0, 0.05) is 19.4 Å². The van der Waals surface area contributed by atoms with Crippen LogP contribution in [0.1, 0.15) is 55.7 Å². The number of guanidine groups is 1. The molecule has 4 unspecified atom stereocenters. The van der Waals surface area contributed by atoms with Crippen LogP contribution in [0.25, 0.3) is 0 Å². The molecule has 4 atom stereocenters. The van der Waals surface area contributed by atoms with Gasteiger partial charge >= 0.3 is 5.97 Å². The Morgan fingerprint density at radius 1 is 0.830 bits per heavy atom. The van der Waals surface area contributed by atoms with Crippen LogP contribution in [-0.4, -0.2) is 83.7 Å². The monoisotopic (exact) mass is 654 g/mol. The third-order valence-electron chi connectivity index (χ3n) is 7.56. The second kappa shape index (κ2) is 20.4. The summed E-state index contributed by atoms with van der Waals surface area (Å²) in [5, 5.41) is 30.9. The number of aliphatic imine (C=N–C) groups is 1. The van der Waals surface area contributed by atoms with Crippen molar-refractivity contribution >= 4 is 29.7 Å². The van der Waals surface area contributed by atoms with Crippen molar-refractivity contribution < 1.29 is 29.4 Å². The molecule has 12 N–H and O–H groups in total. The number of hydrogen-bond acceptors (Lipinski definition) is 8. The molecule has 0 aliphatic carbocycles. The molecule has 14 nitrogen and oxygen atoms in total. The third-order valence-corrected chi connectivity index (χ3v) is 7.56. The molecule has 0 bridgehead atoms. The van der Waals surface area contributed by atoms with Gasteiger partial charge in [-0.3, -0.25) is 19.4 Å². The Balaban J connectivity index is 2.24. The number of aliphatic carboxylic acids is 1. The summed E-state index contributed by atoms with van der Waals surface area (Å²) >= 11 is 0. The lowest BCUT2D eigenvalue weighted by Crippen LogP contribution is -2.57. The number of nitrogens with two attached hydrogens (primary N) is 3. The highest BCUT2D eigenvalue weighted by molar-refractivity contribution is 5.94. The number of aromatic hydroxyl groups is 1. The van der Waals surface area contributed by atoms with E-state index in [1.54, 1.807) is 13.0 Å². The highest BCUT2D eigenvalue weighted by Gasteiger charge is 2.30. The first-order valence-corrected chi connectivity index (χ1v) is 15.9. The number of phenolic OH excluding ortho intramolecular Hbond substituents is 1. The molecule has 0 aromatic heterocycles. The van der Waals surface area contributed by atoms with Gasteiger partial charge in [0.25, 0.3) is 0 Å². The summed E-state index contributed by atoms with van der Waals surface area (Å²) in [7, 11) is 0. The smallest absolute Gasteiger partial charge is 0.326 e. The maximum atomic E-state index is 13.7. The molecule has 0 saturated heterocycles. The zero-order valence-corrected chi connectivity index (χ0v) is 27.2. The molecule has 14 heteroatoms. The second-order valence-electron chi connectivity index (χ2n) is 11.4. The Hall–Kier alpha value is -4.69. The highest BCUT2D eigenvalue weighted by Crippen LogP contribution is 2.17. The van der Waals surface area contributed by atoms with Crippen LogP contribution >= 0.6 is 0 Å². The number of unbranched alkanes of at least 4 members (excludes halogenated alkanes) is 1. The third kappa shape index (κ3) is 14.5. The molecule has 2 aromatic carbocycles. The summed E-state index contributed by atoms with van der Waals surface area (Å²) in [6.07, 6.45) is 2.46. The van der Waals surface area contributed by atoms with E-state index in [2.05, 4.69) is 26.3 Å².